The predicted octanol–water partition coefficient (Wildman–Crippen LogP) is 6.05. The number of carboxylic acids is 1. The quantitative estimate of drug-likeness (QED) is 0.212. The number of nitrogens with zero attached hydrogens (tertiary/aromatic N) is 2. The molecule has 0 aliphatic rings. The minimum absolute atomic E-state index is 0.0264. The molecule has 0 saturated carbocycles. The summed E-state index contributed by atoms with van der Waals surface area (Å²) in [7, 11) is 3.67. The standard InChI is InChI=1S/C32H27F8N3O4/c1-42(2)14-13-20-26(31(35,36)37)24(29(45)43(3)27(20)32(38,39)40)19-10-5-8-17-16(7-4-9-18(17)19)15-23(30(46)47)41-28(44)25-21(33)11-6-12-22(25)34/h4-12,23H,13-15H2,1-3H3,(H,41,44)(H,46,47)/t23-/m0/s1. The lowest BCUT2D eigenvalue weighted by Crippen LogP contribution is -2.43. The molecule has 1 heterocycles. The summed E-state index contributed by atoms with van der Waals surface area (Å²) in [5.41, 5.74) is -8.42. The molecule has 2 N–H and O–H groups in total. The van der Waals surface area contributed by atoms with Gasteiger partial charge in [0.15, 0.2) is 0 Å². The molecule has 0 fully saturated rings. The summed E-state index contributed by atoms with van der Waals surface area (Å²) in [5, 5.41) is 11.9. The number of carboxylic acid groups (broad SMARTS) is 1. The van der Waals surface area contributed by atoms with Crippen molar-refractivity contribution >= 4 is 22.6 Å². The molecule has 0 aliphatic heterocycles. The molecule has 7 nitrogen and oxygen atoms in total. The number of benzene rings is 3. The van der Waals surface area contributed by atoms with Gasteiger partial charge in [-0.25, -0.2) is 13.6 Å². The molecule has 1 aromatic heterocycles. The maximum Gasteiger partial charge on any atom is 0.431 e. The molecule has 4 aromatic rings. The second-order valence-corrected chi connectivity index (χ2v) is 11.0. The second-order valence-electron chi connectivity index (χ2n) is 11.0. The number of carbonyl (C=O) groups is 2. The van der Waals surface area contributed by atoms with Gasteiger partial charge in [0.2, 0.25) is 0 Å². The summed E-state index contributed by atoms with van der Waals surface area (Å²) in [4.78, 5) is 39.6. The summed E-state index contributed by atoms with van der Waals surface area (Å²) < 4.78 is 115. The van der Waals surface area contributed by atoms with Gasteiger partial charge < -0.3 is 19.9 Å². The fourth-order valence-electron chi connectivity index (χ4n) is 5.49. The molecule has 0 bridgehead atoms. The largest absolute Gasteiger partial charge is 0.480 e. The summed E-state index contributed by atoms with van der Waals surface area (Å²) in [6, 6.07) is 8.62. The predicted molar refractivity (Wildman–Crippen MR) is 156 cm³/mol. The molecule has 0 aliphatic carbocycles. The average molecular weight is 670 g/mol. The van der Waals surface area contributed by atoms with Crippen LogP contribution in [0.1, 0.15) is 32.7 Å². The van der Waals surface area contributed by atoms with E-state index in [0.717, 1.165) is 31.3 Å². The van der Waals surface area contributed by atoms with Crippen LogP contribution in [0.15, 0.2) is 59.4 Å². The Kier molecular flexibility index (Phi) is 9.80. The van der Waals surface area contributed by atoms with Crippen molar-refractivity contribution in [2.24, 2.45) is 7.05 Å². The van der Waals surface area contributed by atoms with E-state index in [4.69, 9.17) is 0 Å². The summed E-state index contributed by atoms with van der Waals surface area (Å²) in [6.07, 6.45) is -11.9. The van der Waals surface area contributed by atoms with Gasteiger partial charge in [-0.15, -0.1) is 0 Å². The lowest BCUT2D eigenvalue weighted by Gasteiger charge is -2.25. The monoisotopic (exact) mass is 669 g/mol. The fourth-order valence-corrected chi connectivity index (χ4v) is 5.49. The Labute approximate surface area is 262 Å². The molecule has 0 unspecified atom stereocenters. The summed E-state index contributed by atoms with van der Waals surface area (Å²) in [5.74, 6) is -5.47. The van der Waals surface area contributed by atoms with Crippen molar-refractivity contribution in [3.8, 4) is 11.1 Å². The Morgan fingerprint density at radius 2 is 1.47 bits per heavy atom. The number of hydrogen-bond acceptors (Lipinski definition) is 4. The first kappa shape index (κ1) is 35.1. The third-order valence-electron chi connectivity index (χ3n) is 7.55. The first-order chi connectivity index (χ1) is 21.8. The molecule has 47 heavy (non-hydrogen) atoms. The zero-order valence-corrected chi connectivity index (χ0v) is 25.0. The number of likely N-dealkylation sites (N-methyl/N-ethyl adjacent to an activating group) is 1. The van der Waals surface area contributed by atoms with E-state index in [9.17, 15) is 54.6 Å². The van der Waals surface area contributed by atoms with Crippen LogP contribution in [0.5, 0.6) is 0 Å². The third-order valence-corrected chi connectivity index (χ3v) is 7.55. The molecule has 4 rings (SSSR count). The first-order valence-electron chi connectivity index (χ1n) is 13.9. The summed E-state index contributed by atoms with van der Waals surface area (Å²) in [6.45, 7) is -0.206. The minimum Gasteiger partial charge on any atom is -0.480 e. The van der Waals surface area contributed by atoms with Crippen molar-refractivity contribution in [2.75, 3.05) is 20.6 Å². The number of fused-ring (bicyclic) bond motifs is 1. The normalized spacial score (nSPS) is 12.9. The van der Waals surface area contributed by atoms with Gasteiger partial charge in [0.1, 0.15) is 28.9 Å². The Morgan fingerprint density at radius 1 is 0.894 bits per heavy atom. The zero-order chi connectivity index (χ0) is 35.0. The minimum atomic E-state index is -5.40. The lowest BCUT2D eigenvalue weighted by atomic mass is 9.88. The lowest BCUT2D eigenvalue weighted by molar-refractivity contribution is -0.148. The maximum atomic E-state index is 14.8. The summed E-state index contributed by atoms with van der Waals surface area (Å²) >= 11 is 0. The van der Waals surface area contributed by atoms with E-state index in [2.05, 4.69) is 0 Å². The maximum absolute atomic E-state index is 14.8. The molecule has 3 aromatic carbocycles. The Hall–Kier alpha value is -4.79. The number of nitrogens with one attached hydrogen (secondary N) is 1. The molecule has 1 atom stereocenters. The van der Waals surface area contributed by atoms with E-state index < -0.39 is 88.3 Å². The van der Waals surface area contributed by atoms with Gasteiger partial charge in [-0.05, 0) is 60.1 Å². The van der Waals surface area contributed by atoms with Gasteiger partial charge in [-0.2, -0.15) is 26.3 Å². The number of carbonyl (C=O) groups excluding carboxylic acids is 1. The fraction of sp³-hybridized carbons (Fsp3) is 0.281. The Balaban J connectivity index is 1.93. The molecular weight excluding hydrogens is 642 g/mol. The average Bonchev–Trinajstić information content (AvgIpc) is 2.95. The molecule has 15 heteroatoms. The van der Waals surface area contributed by atoms with E-state index in [1.807, 2.05) is 5.32 Å². The van der Waals surface area contributed by atoms with Crippen molar-refractivity contribution < 1.29 is 49.8 Å². The van der Waals surface area contributed by atoms with Crippen LogP contribution in [0, 0.1) is 11.6 Å². The second kappa shape index (κ2) is 13.1. The molecule has 250 valence electrons. The van der Waals surface area contributed by atoms with Crippen LogP contribution in [-0.4, -0.2) is 53.1 Å². The van der Waals surface area contributed by atoms with Crippen LogP contribution in [0.4, 0.5) is 35.1 Å². The Bertz CT molecular complexity index is 1900. The van der Waals surface area contributed by atoms with Crippen LogP contribution in [0.3, 0.4) is 0 Å². The number of rotatable bonds is 9. The molecule has 0 spiro atoms. The topological polar surface area (TPSA) is 91.6 Å². The highest BCUT2D eigenvalue weighted by molar-refractivity contribution is 6.00. The van der Waals surface area contributed by atoms with E-state index >= 15 is 0 Å². The van der Waals surface area contributed by atoms with Crippen LogP contribution in [0.2, 0.25) is 0 Å². The zero-order valence-electron chi connectivity index (χ0n) is 25.0. The highest BCUT2D eigenvalue weighted by Gasteiger charge is 2.46. The number of aliphatic carboxylic acids is 1. The highest BCUT2D eigenvalue weighted by atomic mass is 19.4. The van der Waals surface area contributed by atoms with E-state index in [1.54, 1.807) is 0 Å². The number of amides is 1. The van der Waals surface area contributed by atoms with Crippen molar-refractivity contribution in [1.29, 1.82) is 0 Å². The third kappa shape index (κ3) is 7.14. The smallest absolute Gasteiger partial charge is 0.431 e. The van der Waals surface area contributed by atoms with E-state index in [0.29, 0.717) is 0 Å². The van der Waals surface area contributed by atoms with Crippen LogP contribution >= 0.6 is 0 Å². The van der Waals surface area contributed by atoms with Gasteiger partial charge in [0.25, 0.3) is 11.5 Å². The van der Waals surface area contributed by atoms with E-state index in [-0.39, 0.29) is 33.0 Å². The van der Waals surface area contributed by atoms with E-state index in [1.165, 1.54) is 49.3 Å². The van der Waals surface area contributed by atoms with Crippen molar-refractivity contribution in [1.82, 2.24) is 14.8 Å². The molecule has 0 radical (unpaired) electrons. The SMILES string of the molecule is CN(C)CCc1c(C(F)(F)F)c(-c2cccc3c(C[C@H](NC(=O)c4c(F)cccc4F)C(=O)O)cccc23)c(=O)n(C)c1C(F)(F)F. The number of alkyl halides is 6. The van der Waals surface area contributed by atoms with Crippen molar-refractivity contribution in [2.45, 2.75) is 31.2 Å². The molecular formula is C32H27F8N3O4. The molecule has 0 saturated heterocycles. The van der Waals surface area contributed by atoms with Crippen molar-refractivity contribution in [3.63, 3.8) is 0 Å². The van der Waals surface area contributed by atoms with Crippen molar-refractivity contribution in [3.05, 3.63) is 105 Å². The van der Waals surface area contributed by atoms with Gasteiger partial charge in [-0.3, -0.25) is 9.59 Å². The van der Waals surface area contributed by atoms with Crippen LogP contribution in [-0.2, 0) is 37.0 Å². The number of aromatic nitrogens is 1. The highest BCUT2D eigenvalue weighted by Crippen LogP contribution is 2.44. The van der Waals surface area contributed by atoms with Gasteiger partial charge in [0, 0.05) is 20.0 Å². The first-order valence-corrected chi connectivity index (χ1v) is 13.9. The number of hydrogen-bond donors (Lipinski definition) is 2. The van der Waals surface area contributed by atoms with Gasteiger partial charge >= 0.3 is 18.3 Å². The van der Waals surface area contributed by atoms with Gasteiger partial charge in [0.05, 0.1) is 11.1 Å². The Morgan fingerprint density at radius 3 is 2.02 bits per heavy atom. The number of pyridine rings is 1. The molecule has 1 amide bonds. The van der Waals surface area contributed by atoms with Gasteiger partial charge in [-0.1, -0.05) is 42.5 Å². The number of halogens is 8. The van der Waals surface area contributed by atoms with Crippen LogP contribution < -0.4 is 10.9 Å². The van der Waals surface area contributed by atoms with Crippen LogP contribution in [0.25, 0.3) is 21.9 Å².